The molecule has 0 unspecified atom stereocenters. The number of halogens is 1. The van der Waals surface area contributed by atoms with Gasteiger partial charge in [0.15, 0.2) is 0 Å². The van der Waals surface area contributed by atoms with Gasteiger partial charge in [0, 0.05) is 35.1 Å². The van der Waals surface area contributed by atoms with Gasteiger partial charge in [0.05, 0.1) is 12.7 Å². The summed E-state index contributed by atoms with van der Waals surface area (Å²) in [5.74, 6) is -0.350. The summed E-state index contributed by atoms with van der Waals surface area (Å²) >= 11 is 6.17. The number of hydrogen-bond acceptors (Lipinski definition) is 2. The van der Waals surface area contributed by atoms with Crippen LogP contribution < -0.4 is 0 Å². The van der Waals surface area contributed by atoms with Gasteiger partial charge in [-0.1, -0.05) is 29.8 Å². The van der Waals surface area contributed by atoms with E-state index in [2.05, 4.69) is 0 Å². The lowest BCUT2D eigenvalue weighted by Crippen LogP contribution is -2.01. The molecule has 3 nitrogen and oxygen atoms in total. The minimum atomic E-state index is -0.350. The van der Waals surface area contributed by atoms with Gasteiger partial charge in [-0.15, -0.1) is 0 Å². The maximum Gasteiger partial charge on any atom is 0.340 e. The zero-order valence-electron chi connectivity index (χ0n) is 10.3. The number of carbonyl (C=O) groups is 1. The molecule has 1 aromatic heterocycles. The topological polar surface area (TPSA) is 31.2 Å². The molecular weight excluding hydrogens is 250 g/mol. The van der Waals surface area contributed by atoms with Crippen LogP contribution in [-0.2, 0) is 11.3 Å². The van der Waals surface area contributed by atoms with E-state index in [0.29, 0.717) is 10.6 Å². The molecule has 0 saturated heterocycles. The lowest BCUT2D eigenvalue weighted by Gasteiger charge is -2.04. The standard InChI is InChI=1S/C14H14ClNO2/c1-3-16-8-11(12(9-16)14(17)18-2)10-6-4-5-7-13(10)15/h4-9H,3H2,1-2H3. The molecule has 0 radical (unpaired) electrons. The number of aromatic nitrogens is 1. The second-order valence-corrected chi connectivity index (χ2v) is 4.29. The van der Waals surface area contributed by atoms with Crippen LogP contribution in [0, 0.1) is 0 Å². The predicted molar refractivity (Wildman–Crippen MR) is 71.9 cm³/mol. The molecule has 0 fully saturated rings. The summed E-state index contributed by atoms with van der Waals surface area (Å²) in [5, 5.41) is 0.622. The molecule has 94 valence electrons. The van der Waals surface area contributed by atoms with E-state index in [1.807, 2.05) is 35.9 Å². The molecule has 0 atom stereocenters. The average Bonchev–Trinajstić information content (AvgIpc) is 2.82. The third-order valence-corrected chi connectivity index (χ3v) is 3.14. The number of esters is 1. The van der Waals surface area contributed by atoms with Crippen LogP contribution in [0.2, 0.25) is 5.02 Å². The molecular formula is C14H14ClNO2. The van der Waals surface area contributed by atoms with Crippen LogP contribution in [0.1, 0.15) is 17.3 Å². The van der Waals surface area contributed by atoms with Crippen LogP contribution >= 0.6 is 11.6 Å². The highest BCUT2D eigenvalue weighted by Gasteiger charge is 2.17. The van der Waals surface area contributed by atoms with Crippen molar-refractivity contribution in [2.75, 3.05) is 7.11 Å². The second kappa shape index (κ2) is 5.27. The van der Waals surface area contributed by atoms with Gasteiger partial charge in [0.1, 0.15) is 0 Å². The lowest BCUT2D eigenvalue weighted by atomic mass is 10.0. The Labute approximate surface area is 111 Å². The van der Waals surface area contributed by atoms with Crippen molar-refractivity contribution in [3.63, 3.8) is 0 Å². The number of methoxy groups -OCH3 is 1. The first-order chi connectivity index (χ1) is 8.67. The molecule has 1 aromatic carbocycles. The predicted octanol–water partition coefficient (Wildman–Crippen LogP) is 3.62. The Hall–Kier alpha value is -1.74. The molecule has 0 spiro atoms. The highest BCUT2D eigenvalue weighted by molar-refractivity contribution is 6.33. The number of carbonyl (C=O) groups excluding carboxylic acids is 1. The van der Waals surface area contributed by atoms with Gasteiger partial charge in [-0.2, -0.15) is 0 Å². The van der Waals surface area contributed by atoms with Crippen LogP contribution in [0.3, 0.4) is 0 Å². The van der Waals surface area contributed by atoms with Crippen molar-refractivity contribution in [1.29, 1.82) is 0 Å². The van der Waals surface area contributed by atoms with Crippen molar-refractivity contribution in [2.24, 2.45) is 0 Å². The van der Waals surface area contributed by atoms with E-state index in [4.69, 9.17) is 16.3 Å². The Kier molecular flexibility index (Phi) is 3.72. The van der Waals surface area contributed by atoms with E-state index >= 15 is 0 Å². The summed E-state index contributed by atoms with van der Waals surface area (Å²) < 4.78 is 6.74. The first-order valence-corrected chi connectivity index (χ1v) is 6.08. The highest BCUT2D eigenvalue weighted by atomic mass is 35.5. The number of rotatable bonds is 3. The van der Waals surface area contributed by atoms with Crippen molar-refractivity contribution in [3.8, 4) is 11.1 Å². The molecule has 0 aliphatic heterocycles. The maximum absolute atomic E-state index is 11.8. The molecule has 2 aromatic rings. The van der Waals surface area contributed by atoms with Gasteiger partial charge >= 0.3 is 5.97 Å². The summed E-state index contributed by atoms with van der Waals surface area (Å²) in [5.41, 5.74) is 2.17. The first-order valence-electron chi connectivity index (χ1n) is 5.70. The smallest absolute Gasteiger partial charge is 0.340 e. The average molecular weight is 264 g/mol. The third kappa shape index (κ3) is 2.27. The summed E-state index contributed by atoms with van der Waals surface area (Å²) in [4.78, 5) is 11.8. The monoisotopic (exact) mass is 263 g/mol. The number of benzene rings is 1. The Morgan fingerprint density at radius 1 is 1.28 bits per heavy atom. The Morgan fingerprint density at radius 3 is 2.61 bits per heavy atom. The Morgan fingerprint density at radius 2 is 2.00 bits per heavy atom. The largest absolute Gasteiger partial charge is 0.465 e. The lowest BCUT2D eigenvalue weighted by molar-refractivity contribution is 0.0601. The molecule has 1 heterocycles. The van der Waals surface area contributed by atoms with Crippen molar-refractivity contribution in [1.82, 2.24) is 4.57 Å². The van der Waals surface area contributed by atoms with Gasteiger partial charge < -0.3 is 9.30 Å². The molecule has 4 heteroatoms. The molecule has 0 saturated carbocycles. The van der Waals surface area contributed by atoms with Crippen LogP contribution in [0.5, 0.6) is 0 Å². The van der Waals surface area contributed by atoms with Crippen molar-refractivity contribution in [3.05, 3.63) is 47.2 Å². The van der Waals surface area contributed by atoms with Gasteiger partial charge in [-0.3, -0.25) is 0 Å². The van der Waals surface area contributed by atoms with Crippen molar-refractivity contribution in [2.45, 2.75) is 13.5 Å². The Bertz CT molecular complexity index is 575. The van der Waals surface area contributed by atoms with E-state index in [-0.39, 0.29) is 5.97 Å². The first kappa shape index (κ1) is 12.7. The molecule has 18 heavy (non-hydrogen) atoms. The molecule has 2 rings (SSSR count). The van der Waals surface area contributed by atoms with E-state index in [1.165, 1.54) is 7.11 Å². The third-order valence-electron chi connectivity index (χ3n) is 2.81. The fraction of sp³-hybridized carbons (Fsp3) is 0.214. The van der Waals surface area contributed by atoms with Gasteiger partial charge in [-0.25, -0.2) is 4.79 Å². The summed E-state index contributed by atoms with van der Waals surface area (Å²) in [7, 11) is 1.38. The fourth-order valence-corrected chi connectivity index (χ4v) is 2.09. The van der Waals surface area contributed by atoms with Crippen LogP contribution in [0.25, 0.3) is 11.1 Å². The highest BCUT2D eigenvalue weighted by Crippen LogP contribution is 2.31. The summed E-state index contributed by atoms with van der Waals surface area (Å²) in [6.07, 6.45) is 3.69. The van der Waals surface area contributed by atoms with Crippen LogP contribution in [0.15, 0.2) is 36.7 Å². The SMILES string of the molecule is CCn1cc(C(=O)OC)c(-c2ccccc2Cl)c1. The van der Waals surface area contributed by atoms with Crippen LogP contribution in [0.4, 0.5) is 0 Å². The van der Waals surface area contributed by atoms with E-state index in [9.17, 15) is 4.79 Å². The Balaban J connectivity index is 2.59. The zero-order valence-corrected chi connectivity index (χ0v) is 11.1. The van der Waals surface area contributed by atoms with E-state index in [1.54, 1.807) is 12.3 Å². The van der Waals surface area contributed by atoms with Gasteiger partial charge in [0.25, 0.3) is 0 Å². The second-order valence-electron chi connectivity index (χ2n) is 3.89. The minimum Gasteiger partial charge on any atom is -0.465 e. The minimum absolute atomic E-state index is 0.350. The number of nitrogens with zero attached hydrogens (tertiary/aromatic N) is 1. The maximum atomic E-state index is 11.8. The summed E-state index contributed by atoms with van der Waals surface area (Å²) in [6, 6.07) is 7.46. The molecule has 0 N–H and O–H groups in total. The summed E-state index contributed by atoms with van der Waals surface area (Å²) in [6.45, 7) is 2.80. The number of hydrogen-bond donors (Lipinski definition) is 0. The quantitative estimate of drug-likeness (QED) is 0.792. The molecule has 0 bridgehead atoms. The van der Waals surface area contributed by atoms with Gasteiger partial charge in [-0.05, 0) is 13.0 Å². The zero-order chi connectivity index (χ0) is 13.1. The normalized spacial score (nSPS) is 10.4. The van der Waals surface area contributed by atoms with Crippen molar-refractivity contribution >= 4 is 17.6 Å². The fourth-order valence-electron chi connectivity index (χ4n) is 1.86. The molecule has 0 aliphatic carbocycles. The molecule has 0 amide bonds. The van der Waals surface area contributed by atoms with E-state index in [0.717, 1.165) is 17.7 Å². The number of aryl methyl sites for hydroxylation is 1. The molecule has 0 aliphatic rings. The van der Waals surface area contributed by atoms with Crippen molar-refractivity contribution < 1.29 is 9.53 Å². The van der Waals surface area contributed by atoms with E-state index < -0.39 is 0 Å². The van der Waals surface area contributed by atoms with Gasteiger partial charge in [0.2, 0.25) is 0 Å². The van der Waals surface area contributed by atoms with Crippen LogP contribution in [-0.4, -0.2) is 17.6 Å². The number of ether oxygens (including phenoxy) is 1.